The van der Waals surface area contributed by atoms with Crippen molar-refractivity contribution >= 4 is 33.4 Å². The first-order valence-electron chi connectivity index (χ1n) is 7.46. The van der Waals surface area contributed by atoms with Crippen molar-refractivity contribution in [3.8, 4) is 0 Å². The first-order chi connectivity index (χ1) is 10.1. The lowest BCUT2D eigenvalue weighted by Gasteiger charge is -2.20. The Morgan fingerprint density at radius 2 is 1.76 bits per heavy atom. The minimum atomic E-state index is -0.124. The van der Waals surface area contributed by atoms with E-state index in [0.29, 0.717) is 0 Å². The quantitative estimate of drug-likeness (QED) is 0.609. The molecule has 0 spiro atoms. The van der Waals surface area contributed by atoms with Crippen LogP contribution in [0.3, 0.4) is 0 Å². The lowest BCUT2D eigenvalue weighted by atomic mass is 9.85. The monoisotopic (exact) mass is 345 g/mol. The number of halogens is 1. The third-order valence-electron chi connectivity index (χ3n) is 5.13. The number of nitrogens with zero attached hydrogens (tertiary/aromatic N) is 1. The molecule has 2 bridgehead atoms. The van der Waals surface area contributed by atoms with Crippen LogP contribution in [-0.4, -0.2) is 11.8 Å². The van der Waals surface area contributed by atoms with Crippen LogP contribution in [0.1, 0.15) is 18.9 Å². The molecule has 1 aromatic carbocycles. The van der Waals surface area contributed by atoms with Gasteiger partial charge in [0.15, 0.2) is 0 Å². The van der Waals surface area contributed by atoms with Crippen molar-refractivity contribution in [2.45, 2.75) is 19.8 Å². The smallest absolute Gasteiger partial charge is 0.238 e. The normalized spacial score (nSPS) is 33.1. The highest BCUT2D eigenvalue weighted by atomic mass is 79.9. The maximum Gasteiger partial charge on any atom is 0.238 e. The van der Waals surface area contributed by atoms with Crippen molar-refractivity contribution in [3.05, 3.63) is 40.4 Å². The number of hydrogen-bond acceptors (Lipinski definition) is 2. The number of imide groups is 1. The number of allylic oxidation sites excluding steroid dienone is 2. The highest BCUT2D eigenvalue weighted by Crippen LogP contribution is 2.53. The molecule has 21 heavy (non-hydrogen) atoms. The van der Waals surface area contributed by atoms with Crippen molar-refractivity contribution in [1.29, 1.82) is 0 Å². The number of amides is 2. The van der Waals surface area contributed by atoms with E-state index in [4.69, 9.17) is 0 Å². The van der Waals surface area contributed by atoms with E-state index >= 15 is 0 Å². The predicted molar refractivity (Wildman–Crippen MR) is 83.7 cm³/mol. The molecule has 4 heteroatoms. The zero-order chi connectivity index (χ0) is 14.7. The largest absolute Gasteiger partial charge is 0.274 e. The summed E-state index contributed by atoms with van der Waals surface area (Å²) < 4.78 is 0.976. The van der Waals surface area contributed by atoms with E-state index < -0.39 is 0 Å². The van der Waals surface area contributed by atoms with Gasteiger partial charge in [0.05, 0.1) is 17.5 Å². The first kappa shape index (κ1) is 13.3. The van der Waals surface area contributed by atoms with Gasteiger partial charge < -0.3 is 0 Å². The molecule has 4 unspecified atom stereocenters. The fourth-order valence-electron chi connectivity index (χ4n) is 4.20. The molecule has 2 aliphatic carbocycles. The van der Waals surface area contributed by atoms with Crippen molar-refractivity contribution in [3.63, 3.8) is 0 Å². The maximum atomic E-state index is 12.8. The average molecular weight is 346 g/mol. The fourth-order valence-corrected chi connectivity index (χ4v) is 4.60. The zero-order valence-electron chi connectivity index (χ0n) is 11.8. The Morgan fingerprint density at radius 3 is 2.33 bits per heavy atom. The average Bonchev–Trinajstić information content (AvgIpc) is 3.14. The van der Waals surface area contributed by atoms with E-state index in [2.05, 4.69) is 28.1 Å². The number of carbonyl (C=O) groups excluding carboxylic acids is 2. The molecule has 1 saturated heterocycles. The van der Waals surface area contributed by atoms with Crippen LogP contribution in [0.2, 0.25) is 0 Å². The minimum absolute atomic E-state index is 0.00104. The molecule has 1 saturated carbocycles. The summed E-state index contributed by atoms with van der Waals surface area (Å²) in [6, 6.07) is 5.78. The van der Waals surface area contributed by atoms with Crippen molar-refractivity contribution in [1.82, 2.24) is 0 Å². The molecular weight excluding hydrogens is 330 g/mol. The van der Waals surface area contributed by atoms with Crippen molar-refractivity contribution in [2.24, 2.45) is 23.7 Å². The van der Waals surface area contributed by atoms with E-state index in [1.807, 2.05) is 25.1 Å². The van der Waals surface area contributed by atoms with Crippen LogP contribution in [0.4, 0.5) is 5.69 Å². The second kappa shape index (κ2) is 4.54. The molecule has 1 aromatic rings. The molecular formula is C17H16BrNO2. The van der Waals surface area contributed by atoms with Crippen LogP contribution in [-0.2, 0) is 16.0 Å². The Morgan fingerprint density at radius 1 is 1.14 bits per heavy atom. The summed E-state index contributed by atoms with van der Waals surface area (Å²) in [5, 5.41) is 0. The Kier molecular flexibility index (Phi) is 2.86. The number of anilines is 1. The first-order valence-corrected chi connectivity index (χ1v) is 8.25. The molecule has 0 radical (unpaired) electrons. The number of aryl methyl sites for hydroxylation is 1. The number of hydrogen-bond donors (Lipinski definition) is 0. The Balaban J connectivity index is 1.78. The SMILES string of the molecule is CCc1cc(Br)ccc1N1C(=O)C2C3C=CC(C3)C2C1=O. The third-order valence-corrected chi connectivity index (χ3v) is 5.63. The summed E-state index contributed by atoms with van der Waals surface area (Å²) >= 11 is 3.46. The molecule has 0 aromatic heterocycles. The third kappa shape index (κ3) is 1.71. The summed E-state index contributed by atoms with van der Waals surface area (Å²) in [7, 11) is 0. The van der Waals surface area contributed by atoms with Gasteiger partial charge in [0.1, 0.15) is 0 Å². The van der Waals surface area contributed by atoms with Crippen LogP contribution in [0.25, 0.3) is 0 Å². The standard InChI is InChI=1S/C17H16BrNO2/c1-2-9-8-12(18)5-6-13(9)19-16(20)14-10-3-4-11(7-10)15(14)17(19)21/h3-6,8,10-11,14-15H,2,7H2,1H3. The lowest BCUT2D eigenvalue weighted by molar-refractivity contribution is -0.123. The minimum Gasteiger partial charge on any atom is -0.274 e. The van der Waals surface area contributed by atoms with Gasteiger partial charge in [-0.3, -0.25) is 9.59 Å². The van der Waals surface area contributed by atoms with E-state index in [0.717, 1.165) is 28.6 Å². The molecule has 2 fully saturated rings. The van der Waals surface area contributed by atoms with Crippen LogP contribution in [0.5, 0.6) is 0 Å². The van der Waals surface area contributed by atoms with E-state index in [1.165, 1.54) is 4.90 Å². The van der Waals surface area contributed by atoms with Gasteiger partial charge in [0.25, 0.3) is 0 Å². The van der Waals surface area contributed by atoms with Gasteiger partial charge in [-0.2, -0.15) is 0 Å². The van der Waals surface area contributed by atoms with Crippen LogP contribution in [0, 0.1) is 23.7 Å². The van der Waals surface area contributed by atoms with Gasteiger partial charge in [-0.1, -0.05) is 35.0 Å². The van der Waals surface area contributed by atoms with Crippen LogP contribution < -0.4 is 4.90 Å². The summed E-state index contributed by atoms with van der Waals surface area (Å²) in [5.74, 6) is 0.281. The zero-order valence-corrected chi connectivity index (χ0v) is 13.3. The van der Waals surface area contributed by atoms with Gasteiger partial charge in [-0.25, -0.2) is 4.90 Å². The van der Waals surface area contributed by atoms with Crippen LogP contribution in [0.15, 0.2) is 34.8 Å². The second-order valence-corrected chi connectivity index (χ2v) is 7.05. The van der Waals surface area contributed by atoms with E-state index in [1.54, 1.807) is 0 Å². The Labute approximate surface area is 132 Å². The van der Waals surface area contributed by atoms with Gasteiger partial charge in [0.2, 0.25) is 11.8 Å². The van der Waals surface area contributed by atoms with Gasteiger partial charge in [-0.15, -0.1) is 0 Å². The summed E-state index contributed by atoms with van der Waals surface area (Å²) in [6.45, 7) is 2.04. The molecule has 3 aliphatic rings. The van der Waals surface area contributed by atoms with Gasteiger partial charge in [-0.05, 0) is 48.4 Å². The molecule has 1 aliphatic heterocycles. The van der Waals surface area contributed by atoms with E-state index in [9.17, 15) is 9.59 Å². The summed E-state index contributed by atoms with van der Waals surface area (Å²) in [5.41, 5.74) is 1.80. The number of carbonyl (C=O) groups is 2. The highest BCUT2D eigenvalue weighted by Gasteiger charge is 2.59. The van der Waals surface area contributed by atoms with E-state index in [-0.39, 0.29) is 35.5 Å². The molecule has 108 valence electrons. The number of benzene rings is 1. The maximum absolute atomic E-state index is 12.8. The number of rotatable bonds is 2. The second-order valence-electron chi connectivity index (χ2n) is 6.14. The van der Waals surface area contributed by atoms with Gasteiger partial charge in [0, 0.05) is 4.47 Å². The van der Waals surface area contributed by atoms with Crippen LogP contribution >= 0.6 is 15.9 Å². The van der Waals surface area contributed by atoms with Gasteiger partial charge >= 0.3 is 0 Å². The predicted octanol–water partition coefficient (Wildman–Crippen LogP) is 3.32. The molecule has 3 nitrogen and oxygen atoms in total. The fraction of sp³-hybridized carbons (Fsp3) is 0.412. The highest BCUT2D eigenvalue weighted by molar-refractivity contribution is 9.10. The van der Waals surface area contributed by atoms with Crippen molar-refractivity contribution in [2.75, 3.05) is 4.90 Å². The topological polar surface area (TPSA) is 37.4 Å². The molecule has 2 amide bonds. The molecule has 1 heterocycles. The lowest BCUT2D eigenvalue weighted by Crippen LogP contribution is -2.33. The molecule has 4 atom stereocenters. The molecule has 0 N–H and O–H groups in total. The summed E-state index contributed by atoms with van der Waals surface area (Å²) in [4.78, 5) is 27.1. The number of fused-ring (bicyclic) bond motifs is 5. The van der Waals surface area contributed by atoms with Crippen molar-refractivity contribution < 1.29 is 9.59 Å². The Hall–Kier alpha value is -1.42. The summed E-state index contributed by atoms with van der Waals surface area (Å²) in [6.07, 6.45) is 6.03. The Bertz CT molecular complexity index is 651. The molecule has 4 rings (SSSR count).